The van der Waals surface area contributed by atoms with Crippen molar-refractivity contribution in [2.75, 3.05) is 6.54 Å². The lowest BCUT2D eigenvalue weighted by molar-refractivity contribution is -0.121. The molecule has 1 amide bonds. The van der Waals surface area contributed by atoms with E-state index in [-0.39, 0.29) is 5.91 Å². The zero-order valence-corrected chi connectivity index (χ0v) is 12.0. The van der Waals surface area contributed by atoms with E-state index in [1.165, 1.54) is 5.56 Å². The second kappa shape index (κ2) is 6.89. The second-order valence-electron chi connectivity index (χ2n) is 5.09. The molecule has 1 atom stereocenters. The van der Waals surface area contributed by atoms with Gasteiger partial charge in [-0.1, -0.05) is 37.3 Å². The number of aryl methyl sites for hydroxylation is 2. The van der Waals surface area contributed by atoms with Gasteiger partial charge in [-0.05, 0) is 24.5 Å². The molecule has 0 aliphatic heterocycles. The summed E-state index contributed by atoms with van der Waals surface area (Å²) in [6.07, 6.45) is 2.36. The SMILES string of the molecule is Cc1ccn(CCC(=O)NC[C@H](C)c2ccccc2)n1. The Morgan fingerprint density at radius 1 is 1.30 bits per heavy atom. The zero-order valence-electron chi connectivity index (χ0n) is 12.0. The normalized spacial score (nSPS) is 12.1. The number of aromatic nitrogens is 2. The summed E-state index contributed by atoms with van der Waals surface area (Å²) in [5, 5.41) is 7.24. The maximum Gasteiger partial charge on any atom is 0.221 e. The fourth-order valence-electron chi connectivity index (χ4n) is 2.06. The van der Waals surface area contributed by atoms with E-state index in [9.17, 15) is 4.79 Å². The topological polar surface area (TPSA) is 46.9 Å². The third kappa shape index (κ3) is 4.23. The molecule has 1 aromatic carbocycles. The van der Waals surface area contributed by atoms with Crippen LogP contribution in [0.4, 0.5) is 0 Å². The van der Waals surface area contributed by atoms with Gasteiger partial charge in [-0.2, -0.15) is 5.10 Å². The summed E-state index contributed by atoms with van der Waals surface area (Å²) in [4.78, 5) is 11.8. The van der Waals surface area contributed by atoms with Crippen LogP contribution in [0.25, 0.3) is 0 Å². The van der Waals surface area contributed by atoms with Crippen LogP contribution >= 0.6 is 0 Å². The highest BCUT2D eigenvalue weighted by Gasteiger charge is 2.07. The van der Waals surface area contributed by atoms with Crippen molar-refractivity contribution in [2.45, 2.75) is 32.7 Å². The van der Waals surface area contributed by atoms with Crippen molar-refractivity contribution in [2.24, 2.45) is 0 Å². The highest BCUT2D eigenvalue weighted by Crippen LogP contribution is 2.12. The predicted octanol–water partition coefficient (Wildman–Crippen LogP) is 2.50. The van der Waals surface area contributed by atoms with E-state index in [0.29, 0.717) is 25.4 Å². The lowest BCUT2D eigenvalue weighted by Gasteiger charge is -2.13. The van der Waals surface area contributed by atoms with Gasteiger partial charge >= 0.3 is 0 Å². The van der Waals surface area contributed by atoms with E-state index >= 15 is 0 Å². The van der Waals surface area contributed by atoms with E-state index in [1.807, 2.05) is 37.4 Å². The van der Waals surface area contributed by atoms with Gasteiger partial charge in [0.2, 0.25) is 5.91 Å². The second-order valence-corrected chi connectivity index (χ2v) is 5.09. The number of carbonyl (C=O) groups is 1. The number of carbonyl (C=O) groups excluding carboxylic acids is 1. The molecule has 0 fully saturated rings. The van der Waals surface area contributed by atoms with Gasteiger partial charge in [0.25, 0.3) is 0 Å². The molecule has 106 valence electrons. The molecule has 2 rings (SSSR count). The highest BCUT2D eigenvalue weighted by atomic mass is 16.1. The summed E-state index contributed by atoms with van der Waals surface area (Å²) in [6, 6.07) is 12.2. The number of nitrogens with one attached hydrogen (secondary N) is 1. The van der Waals surface area contributed by atoms with Crippen LogP contribution in [0, 0.1) is 6.92 Å². The Morgan fingerprint density at radius 2 is 2.05 bits per heavy atom. The van der Waals surface area contributed by atoms with Crippen LogP contribution < -0.4 is 5.32 Å². The maximum absolute atomic E-state index is 11.8. The Bertz CT molecular complexity index is 548. The van der Waals surface area contributed by atoms with Crippen LogP contribution in [0.3, 0.4) is 0 Å². The minimum absolute atomic E-state index is 0.0703. The molecule has 0 aliphatic rings. The summed E-state index contributed by atoms with van der Waals surface area (Å²) in [7, 11) is 0. The van der Waals surface area contributed by atoms with Crippen LogP contribution in [-0.2, 0) is 11.3 Å². The van der Waals surface area contributed by atoms with Gasteiger partial charge < -0.3 is 5.32 Å². The molecule has 0 saturated carbocycles. The molecule has 1 N–H and O–H groups in total. The molecule has 0 radical (unpaired) electrons. The van der Waals surface area contributed by atoms with E-state index in [0.717, 1.165) is 5.69 Å². The Kier molecular flexibility index (Phi) is 4.93. The number of amides is 1. The van der Waals surface area contributed by atoms with Gasteiger partial charge in [-0.3, -0.25) is 9.48 Å². The molecule has 0 bridgehead atoms. The van der Waals surface area contributed by atoms with E-state index < -0.39 is 0 Å². The zero-order chi connectivity index (χ0) is 14.4. The number of rotatable bonds is 6. The van der Waals surface area contributed by atoms with Crippen molar-refractivity contribution in [3.8, 4) is 0 Å². The van der Waals surface area contributed by atoms with Crippen LogP contribution in [0.1, 0.15) is 30.5 Å². The summed E-state index contributed by atoms with van der Waals surface area (Å²) >= 11 is 0. The Hall–Kier alpha value is -2.10. The van der Waals surface area contributed by atoms with Gasteiger partial charge in [0.1, 0.15) is 0 Å². The molecule has 1 heterocycles. The molecule has 0 aliphatic carbocycles. The summed E-state index contributed by atoms with van der Waals surface area (Å²) in [5.74, 6) is 0.396. The fraction of sp³-hybridized carbons (Fsp3) is 0.375. The lowest BCUT2D eigenvalue weighted by Crippen LogP contribution is -2.28. The van der Waals surface area contributed by atoms with E-state index in [1.54, 1.807) is 4.68 Å². The van der Waals surface area contributed by atoms with Crippen LogP contribution in [0.2, 0.25) is 0 Å². The molecular weight excluding hydrogens is 250 g/mol. The molecule has 4 nitrogen and oxygen atoms in total. The summed E-state index contributed by atoms with van der Waals surface area (Å²) < 4.78 is 1.80. The quantitative estimate of drug-likeness (QED) is 0.877. The van der Waals surface area contributed by atoms with Crippen molar-refractivity contribution in [1.29, 1.82) is 0 Å². The van der Waals surface area contributed by atoms with Gasteiger partial charge in [-0.15, -0.1) is 0 Å². The first-order valence-electron chi connectivity index (χ1n) is 6.97. The lowest BCUT2D eigenvalue weighted by atomic mass is 10.0. The molecule has 0 unspecified atom stereocenters. The first-order chi connectivity index (χ1) is 9.65. The third-order valence-corrected chi connectivity index (χ3v) is 3.32. The number of benzene rings is 1. The standard InChI is InChI=1S/C16H21N3O/c1-13(15-6-4-3-5-7-15)12-17-16(20)9-11-19-10-8-14(2)18-19/h3-8,10,13H,9,11-12H2,1-2H3,(H,17,20)/t13-/m0/s1. The summed E-state index contributed by atoms with van der Waals surface area (Å²) in [6.45, 7) is 5.35. The van der Waals surface area contributed by atoms with Crippen LogP contribution in [0.5, 0.6) is 0 Å². The largest absolute Gasteiger partial charge is 0.355 e. The smallest absolute Gasteiger partial charge is 0.221 e. The molecule has 2 aromatic rings. The average Bonchev–Trinajstić information content (AvgIpc) is 2.89. The molecule has 0 saturated heterocycles. The fourth-order valence-corrected chi connectivity index (χ4v) is 2.06. The molecule has 20 heavy (non-hydrogen) atoms. The molecule has 4 heteroatoms. The van der Waals surface area contributed by atoms with Crippen molar-refractivity contribution >= 4 is 5.91 Å². The van der Waals surface area contributed by atoms with Crippen LogP contribution in [-0.4, -0.2) is 22.2 Å². The van der Waals surface area contributed by atoms with Crippen molar-refractivity contribution in [3.63, 3.8) is 0 Å². The average molecular weight is 271 g/mol. The first-order valence-corrected chi connectivity index (χ1v) is 6.97. The monoisotopic (exact) mass is 271 g/mol. The van der Waals surface area contributed by atoms with Gasteiger partial charge in [0.05, 0.1) is 5.69 Å². The minimum Gasteiger partial charge on any atom is -0.355 e. The Balaban J connectivity index is 1.72. The summed E-state index contributed by atoms with van der Waals surface area (Å²) in [5.41, 5.74) is 2.22. The number of hydrogen-bond acceptors (Lipinski definition) is 2. The minimum atomic E-state index is 0.0703. The van der Waals surface area contributed by atoms with E-state index in [2.05, 4.69) is 29.5 Å². The van der Waals surface area contributed by atoms with Gasteiger partial charge in [0.15, 0.2) is 0 Å². The number of hydrogen-bond donors (Lipinski definition) is 1. The Morgan fingerprint density at radius 3 is 2.70 bits per heavy atom. The van der Waals surface area contributed by atoms with Crippen LogP contribution in [0.15, 0.2) is 42.6 Å². The molecule has 1 aromatic heterocycles. The predicted molar refractivity (Wildman–Crippen MR) is 79.4 cm³/mol. The van der Waals surface area contributed by atoms with Gasteiger partial charge in [-0.25, -0.2) is 0 Å². The van der Waals surface area contributed by atoms with Crippen molar-refractivity contribution in [1.82, 2.24) is 15.1 Å². The highest BCUT2D eigenvalue weighted by molar-refractivity contribution is 5.75. The molecular formula is C16H21N3O. The van der Waals surface area contributed by atoms with Crippen molar-refractivity contribution < 1.29 is 4.79 Å². The maximum atomic E-state index is 11.8. The Labute approximate surface area is 119 Å². The van der Waals surface area contributed by atoms with Gasteiger partial charge in [0, 0.05) is 25.7 Å². The van der Waals surface area contributed by atoms with Crippen molar-refractivity contribution in [3.05, 3.63) is 53.9 Å². The number of nitrogens with zero attached hydrogens (tertiary/aromatic N) is 2. The van der Waals surface area contributed by atoms with E-state index in [4.69, 9.17) is 0 Å². The molecule has 0 spiro atoms. The first kappa shape index (κ1) is 14.3. The third-order valence-electron chi connectivity index (χ3n) is 3.32.